The van der Waals surface area contributed by atoms with Gasteiger partial charge in [0.2, 0.25) is 0 Å². The molecule has 6 heteroatoms. The molecule has 1 heterocycles. The van der Waals surface area contributed by atoms with Crippen molar-refractivity contribution in [1.29, 1.82) is 0 Å². The van der Waals surface area contributed by atoms with Gasteiger partial charge in [0, 0.05) is 29.9 Å². The summed E-state index contributed by atoms with van der Waals surface area (Å²) >= 11 is 1.72. The second-order valence-electron chi connectivity index (χ2n) is 9.87. The largest absolute Gasteiger partial charge is 0.348 e. The minimum Gasteiger partial charge on any atom is -0.348 e. The van der Waals surface area contributed by atoms with Gasteiger partial charge >= 0.3 is 0 Å². The molecule has 2 aliphatic rings. The molecule has 0 spiro atoms. The number of rotatable bonds is 6. The summed E-state index contributed by atoms with van der Waals surface area (Å²) < 4.78 is 13.1. The van der Waals surface area contributed by atoms with Crippen molar-refractivity contribution in [2.45, 2.75) is 57.0 Å². The minimum atomic E-state index is -0.299. The van der Waals surface area contributed by atoms with Gasteiger partial charge in [-0.1, -0.05) is 66.9 Å². The fourth-order valence-corrected chi connectivity index (χ4v) is 6.49. The van der Waals surface area contributed by atoms with E-state index in [0.717, 1.165) is 34.4 Å². The van der Waals surface area contributed by atoms with E-state index in [-0.39, 0.29) is 23.7 Å². The van der Waals surface area contributed by atoms with Gasteiger partial charge in [-0.05, 0) is 66.8 Å². The SMILES string of the molecule is Cc1ccc(CN2C(=O)/C(=C\c3ccc(C(=O)NCc4ccc(F)cc4)cc3)SC3CCCCC32)cc1. The highest BCUT2D eigenvalue weighted by atomic mass is 32.2. The fourth-order valence-electron chi connectivity index (χ4n) is 5.02. The van der Waals surface area contributed by atoms with Crippen molar-refractivity contribution in [2.75, 3.05) is 0 Å². The van der Waals surface area contributed by atoms with Gasteiger partial charge in [0.15, 0.2) is 0 Å². The zero-order valence-corrected chi connectivity index (χ0v) is 21.8. The highest BCUT2D eigenvalue weighted by Crippen LogP contribution is 2.42. The van der Waals surface area contributed by atoms with Gasteiger partial charge in [0.25, 0.3) is 11.8 Å². The van der Waals surface area contributed by atoms with Crippen molar-refractivity contribution in [2.24, 2.45) is 0 Å². The van der Waals surface area contributed by atoms with E-state index in [2.05, 4.69) is 41.4 Å². The van der Waals surface area contributed by atoms with Crippen molar-refractivity contribution in [3.05, 3.63) is 111 Å². The second kappa shape index (κ2) is 11.3. The Balaban J connectivity index is 1.29. The van der Waals surface area contributed by atoms with Crippen LogP contribution in [0.15, 0.2) is 77.7 Å². The van der Waals surface area contributed by atoms with Gasteiger partial charge in [-0.2, -0.15) is 0 Å². The molecular formula is C31H31FN2O2S. The van der Waals surface area contributed by atoms with Crippen LogP contribution in [0.1, 0.15) is 58.3 Å². The molecule has 1 aliphatic carbocycles. The van der Waals surface area contributed by atoms with E-state index in [1.54, 1.807) is 36.0 Å². The quantitative estimate of drug-likeness (QED) is 0.383. The molecule has 3 aromatic carbocycles. The van der Waals surface area contributed by atoms with Crippen LogP contribution in [0, 0.1) is 12.7 Å². The molecule has 37 heavy (non-hydrogen) atoms. The van der Waals surface area contributed by atoms with Crippen LogP contribution in [0.25, 0.3) is 6.08 Å². The van der Waals surface area contributed by atoms with Crippen molar-refractivity contribution in [1.82, 2.24) is 10.2 Å². The average molecular weight is 515 g/mol. The topological polar surface area (TPSA) is 49.4 Å². The normalized spacial score (nSPS) is 20.5. The summed E-state index contributed by atoms with van der Waals surface area (Å²) in [6.07, 6.45) is 6.51. The van der Waals surface area contributed by atoms with Crippen LogP contribution >= 0.6 is 11.8 Å². The maximum atomic E-state index is 13.6. The van der Waals surface area contributed by atoms with Gasteiger partial charge in [-0.25, -0.2) is 4.39 Å². The first-order valence-corrected chi connectivity index (χ1v) is 13.7. The molecule has 190 valence electrons. The van der Waals surface area contributed by atoms with E-state index < -0.39 is 0 Å². The molecule has 2 unspecified atom stereocenters. The lowest BCUT2D eigenvalue weighted by Crippen LogP contribution is -2.50. The van der Waals surface area contributed by atoms with Crippen LogP contribution in [0.2, 0.25) is 0 Å². The summed E-state index contributed by atoms with van der Waals surface area (Å²) in [6, 6.07) is 22.1. The van der Waals surface area contributed by atoms with Gasteiger partial charge in [-0.15, -0.1) is 11.8 Å². The molecule has 1 saturated heterocycles. The Labute approximate surface area is 222 Å². The third-order valence-electron chi connectivity index (χ3n) is 7.13. The summed E-state index contributed by atoms with van der Waals surface area (Å²) in [5.74, 6) is -0.400. The molecule has 0 radical (unpaired) electrons. The summed E-state index contributed by atoms with van der Waals surface area (Å²) in [7, 11) is 0. The third-order valence-corrected chi connectivity index (χ3v) is 8.53. The van der Waals surface area contributed by atoms with Gasteiger partial charge in [-0.3, -0.25) is 9.59 Å². The first-order chi connectivity index (χ1) is 18.0. The Morgan fingerprint density at radius 3 is 2.38 bits per heavy atom. The van der Waals surface area contributed by atoms with Crippen LogP contribution in [-0.4, -0.2) is 28.0 Å². The number of carbonyl (C=O) groups excluding carboxylic acids is 2. The fraction of sp³-hybridized carbons (Fsp3) is 0.290. The number of amides is 2. The van der Waals surface area contributed by atoms with E-state index in [4.69, 9.17) is 0 Å². The first-order valence-electron chi connectivity index (χ1n) is 12.8. The highest BCUT2D eigenvalue weighted by molar-refractivity contribution is 8.04. The molecule has 2 amide bonds. The lowest BCUT2D eigenvalue weighted by atomic mass is 9.92. The number of benzene rings is 3. The van der Waals surface area contributed by atoms with Crippen LogP contribution < -0.4 is 5.32 Å². The van der Waals surface area contributed by atoms with Crippen LogP contribution in [-0.2, 0) is 17.9 Å². The highest BCUT2D eigenvalue weighted by Gasteiger charge is 2.40. The maximum Gasteiger partial charge on any atom is 0.260 e. The molecule has 2 atom stereocenters. The predicted molar refractivity (Wildman–Crippen MR) is 147 cm³/mol. The van der Waals surface area contributed by atoms with Crippen LogP contribution in [0.4, 0.5) is 4.39 Å². The molecule has 5 rings (SSSR count). The molecule has 1 saturated carbocycles. The smallest absolute Gasteiger partial charge is 0.260 e. The van der Waals surface area contributed by atoms with Gasteiger partial charge in [0.1, 0.15) is 5.82 Å². The summed E-state index contributed by atoms with van der Waals surface area (Å²) in [5.41, 5.74) is 4.65. The number of nitrogens with one attached hydrogen (secondary N) is 1. The van der Waals surface area contributed by atoms with Crippen molar-refractivity contribution < 1.29 is 14.0 Å². The Bertz CT molecular complexity index is 1290. The Kier molecular flexibility index (Phi) is 7.75. The molecule has 3 aromatic rings. The van der Waals surface area contributed by atoms with E-state index in [0.29, 0.717) is 23.9 Å². The second-order valence-corrected chi connectivity index (χ2v) is 11.1. The molecule has 4 nitrogen and oxygen atoms in total. The van der Waals surface area contributed by atoms with E-state index in [1.165, 1.54) is 30.5 Å². The van der Waals surface area contributed by atoms with Crippen molar-refractivity contribution in [3.8, 4) is 0 Å². The Hall–Kier alpha value is -3.38. The lowest BCUT2D eigenvalue weighted by Gasteiger charge is -2.44. The first kappa shape index (κ1) is 25.3. The zero-order valence-electron chi connectivity index (χ0n) is 21.0. The number of carbonyl (C=O) groups is 2. The van der Waals surface area contributed by atoms with E-state index in [1.807, 2.05) is 18.2 Å². The minimum absolute atomic E-state index is 0.0924. The maximum absolute atomic E-state index is 13.6. The number of fused-ring (bicyclic) bond motifs is 1. The Morgan fingerprint density at radius 2 is 1.65 bits per heavy atom. The molecule has 0 aromatic heterocycles. The van der Waals surface area contributed by atoms with E-state index in [9.17, 15) is 14.0 Å². The zero-order chi connectivity index (χ0) is 25.8. The standard InChI is InChI=1S/C31H31FN2O2S/c1-21-6-8-24(9-7-21)20-34-27-4-2-3-5-28(27)37-29(31(34)36)18-22-10-14-25(15-11-22)30(35)33-19-23-12-16-26(32)17-13-23/h6-18,27-28H,2-5,19-20H2,1H3,(H,33,35)/b29-18+. The van der Waals surface area contributed by atoms with Gasteiger partial charge in [0.05, 0.1) is 4.91 Å². The molecular weight excluding hydrogens is 483 g/mol. The van der Waals surface area contributed by atoms with Gasteiger partial charge < -0.3 is 10.2 Å². The van der Waals surface area contributed by atoms with Crippen LogP contribution in [0.3, 0.4) is 0 Å². The number of thioether (sulfide) groups is 1. The number of hydrogen-bond acceptors (Lipinski definition) is 3. The monoisotopic (exact) mass is 514 g/mol. The molecule has 1 N–H and O–H groups in total. The number of aryl methyl sites for hydroxylation is 1. The number of halogens is 1. The lowest BCUT2D eigenvalue weighted by molar-refractivity contribution is -0.130. The number of hydrogen-bond donors (Lipinski definition) is 1. The van der Waals surface area contributed by atoms with Crippen molar-refractivity contribution >= 4 is 29.7 Å². The molecule has 0 bridgehead atoms. The Morgan fingerprint density at radius 1 is 0.973 bits per heavy atom. The van der Waals surface area contributed by atoms with Crippen LogP contribution in [0.5, 0.6) is 0 Å². The summed E-state index contributed by atoms with van der Waals surface area (Å²) in [5, 5.41) is 3.28. The predicted octanol–water partition coefficient (Wildman–Crippen LogP) is 6.49. The third kappa shape index (κ3) is 6.13. The molecule has 2 fully saturated rings. The average Bonchev–Trinajstić information content (AvgIpc) is 2.92. The van der Waals surface area contributed by atoms with Crippen molar-refractivity contribution in [3.63, 3.8) is 0 Å². The van der Waals surface area contributed by atoms with E-state index >= 15 is 0 Å². The summed E-state index contributed by atoms with van der Waals surface area (Å²) in [4.78, 5) is 29.0. The molecule has 1 aliphatic heterocycles. The summed E-state index contributed by atoms with van der Waals surface area (Å²) in [6.45, 7) is 3.03. The number of nitrogens with zero attached hydrogens (tertiary/aromatic N) is 1.